The van der Waals surface area contributed by atoms with Gasteiger partial charge in [-0.2, -0.15) is 10.5 Å². The van der Waals surface area contributed by atoms with E-state index in [9.17, 15) is 15.2 Å². The summed E-state index contributed by atoms with van der Waals surface area (Å²) in [6.45, 7) is 1.91. The molecule has 1 aromatic carbocycles. The zero-order valence-electron chi connectivity index (χ0n) is 13.4. The highest BCUT2D eigenvalue weighted by Crippen LogP contribution is 2.53. The van der Waals surface area contributed by atoms with E-state index in [2.05, 4.69) is 0 Å². The Hall–Kier alpha value is -1.55. The van der Waals surface area contributed by atoms with Gasteiger partial charge in [0.25, 0.3) is 0 Å². The van der Waals surface area contributed by atoms with Crippen LogP contribution in [0.1, 0.15) is 49.4 Å². The Morgan fingerprint density at radius 1 is 1.17 bits per heavy atom. The number of rotatable bonds is 4. The van der Waals surface area contributed by atoms with Crippen molar-refractivity contribution in [2.45, 2.75) is 44.6 Å². The molecule has 2 fully saturated rings. The van der Waals surface area contributed by atoms with Crippen LogP contribution in [0.15, 0.2) is 18.2 Å². The van der Waals surface area contributed by atoms with E-state index in [1.54, 1.807) is 0 Å². The fourth-order valence-corrected chi connectivity index (χ4v) is 4.15. The molecule has 0 heterocycles. The van der Waals surface area contributed by atoms with Crippen LogP contribution in [-0.4, -0.2) is 22.0 Å². The van der Waals surface area contributed by atoms with Crippen LogP contribution >= 0.6 is 0 Å². The highest BCUT2D eigenvalue weighted by Gasteiger charge is 2.53. The van der Waals surface area contributed by atoms with Gasteiger partial charge in [-0.1, -0.05) is 12.8 Å². The number of carbonyl (C=O) groups is 1. The van der Waals surface area contributed by atoms with Crippen molar-refractivity contribution in [3.05, 3.63) is 34.2 Å². The van der Waals surface area contributed by atoms with Gasteiger partial charge in [0.15, 0.2) is 11.4 Å². The molecule has 0 radical (unpaired) electrons. The summed E-state index contributed by atoms with van der Waals surface area (Å²) in [6.07, 6.45) is 5.35. The minimum Gasteiger partial charge on any atom is -0.595 e. The maximum Gasteiger partial charge on any atom is 0.339 e. The van der Waals surface area contributed by atoms with Crippen LogP contribution in [0.4, 0.5) is 11.4 Å². The highest BCUT2D eigenvalue weighted by molar-refractivity contribution is 5.91. The summed E-state index contributed by atoms with van der Waals surface area (Å²) in [5.41, 5.74) is -1.05. The van der Waals surface area contributed by atoms with Crippen molar-refractivity contribution in [2.24, 2.45) is 11.8 Å². The molecule has 2 saturated carbocycles. The fourth-order valence-electron chi connectivity index (χ4n) is 4.15. The first-order valence-electron chi connectivity index (χ1n) is 8.15. The van der Waals surface area contributed by atoms with Gasteiger partial charge in [-0.05, 0) is 32.1 Å². The largest absolute Gasteiger partial charge is 0.595 e. The van der Waals surface area contributed by atoms with Gasteiger partial charge in [0.1, 0.15) is 5.60 Å². The molecular formula is C16H22N2O6. The molecule has 8 nitrogen and oxygen atoms in total. The summed E-state index contributed by atoms with van der Waals surface area (Å²) in [6, 6.07) is 3.36. The molecule has 0 aliphatic heterocycles. The molecule has 0 saturated heterocycles. The molecule has 0 spiro atoms. The predicted octanol–water partition coefficient (Wildman–Crippen LogP) is 0.619. The zero-order valence-corrected chi connectivity index (χ0v) is 13.4. The predicted molar refractivity (Wildman–Crippen MR) is 81.9 cm³/mol. The van der Waals surface area contributed by atoms with Crippen molar-refractivity contribution in [1.29, 1.82) is 0 Å². The van der Waals surface area contributed by atoms with Crippen molar-refractivity contribution < 1.29 is 30.4 Å². The lowest BCUT2D eigenvalue weighted by Gasteiger charge is -2.54. The summed E-state index contributed by atoms with van der Waals surface area (Å²) in [4.78, 5) is 12.5. The van der Waals surface area contributed by atoms with Gasteiger partial charge < -0.3 is 15.2 Å². The topological polar surface area (TPSA) is 122 Å². The minimum atomic E-state index is -1.28. The smallest absolute Gasteiger partial charge is 0.339 e. The molecule has 2 aliphatic carbocycles. The molecule has 5 unspecified atom stereocenters. The second kappa shape index (κ2) is 6.40. The van der Waals surface area contributed by atoms with Crippen molar-refractivity contribution in [1.82, 2.24) is 0 Å². The molecule has 8 heteroatoms. The lowest BCUT2D eigenvalue weighted by Crippen LogP contribution is -3.00. The quantitative estimate of drug-likeness (QED) is 0.472. The lowest BCUT2D eigenvalue weighted by atomic mass is 9.56. The van der Waals surface area contributed by atoms with Crippen molar-refractivity contribution in [3.8, 4) is 0 Å². The van der Waals surface area contributed by atoms with Crippen LogP contribution in [-0.2, 0) is 4.74 Å². The summed E-state index contributed by atoms with van der Waals surface area (Å²) in [5.74, 6) is 0.278. The molecular weight excluding hydrogens is 316 g/mol. The van der Waals surface area contributed by atoms with Crippen molar-refractivity contribution in [2.75, 3.05) is 0 Å². The molecule has 132 valence electrons. The van der Waals surface area contributed by atoms with Crippen LogP contribution in [0.5, 0.6) is 0 Å². The molecule has 2 aliphatic rings. The zero-order chi connectivity index (χ0) is 17.5. The van der Waals surface area contributed by atoms with E-state index in [-0.39, 0.29) is 16.9 Å². The van der Waals surface area contributed by atoms with Gasteiger partial charge in [0.05, 0.1) is 11.6 Å². The Kier molecular flexibility index (Phi) is 4.60. The van der Waals surface area contributed by atoms with Gasteiger partial charge in [-0.15, -0.1) is 0 Å². The van der Waals surface area contributed by atoms with E-state index in [0.29, 0.717) is 11.8 Å². The SMILES string of the molecule is CC1(OC(=O)c2cc([NH+]([O-])O)cc([NH+]([O-])O)c2)CC2CCCCC21. The van der Waals surface area contributed by atoms with Crippen LogP contribution in [0, 0.1) is 22.3 Å². The summed E-state index contributed by atoms with van der Waals surface area (Å²) >= 11 is 0. The number of nitrogens with one attached hydrogen (secondary N) is 2. The molecule has 3 rings (SSSR count). The number of hydrogen-bond donors (Lipinski definition) is 4. The Labute approximate surface area is 139 Å². The number of fused-ring (bicyclic) bond motifs is 1. The molecule has 24 heavy (non-hydrogen) atoms. The number of carbonyl (C=O) groups excluding carboxylic acids is 1. The van der Waals surface area contributed by atoms with Crippen molar-refractivity contribution >= 4 is 17.3 Å². The van der Waals surface area contributed by atoms with Crippen LogP contribution in [0.25, 0.3) is 0 Å². The average molecular weight is 338 g/mol. The van der Waals surface area contributed by atoms with E-state index in [1.807, 2.05) is 6.92 Å². The van der Waals surface area contributed by atoms with Crippen molar-refractivity contribution in [3.63, 3.8) is 0 Å². The molecule has 0 bridgehead atoms. The molecule has 5 atom stereocenters. The molecule has 4 N–H and O–H groups in total. The number of ether oxygens (including phenoxy) is 1. The van der Waals surface area contributed by atoms with E-state index in [0.717, 1.165) is 43.9 Å². The second-order valence-corrected chi connectivity index (χ2v) is 6.97. The Morgan fingerprint density at radius 3 is 2.29 bits per heavy atom. The van der Waals surface area contributed by atoms with E-state index >= 15 is 0 Å². The van der Waals surface area contributed by atoms with Gasteiger partial charge >= 0.3 is 5.97 Å². The molecule has 0 amide bonds. The molecule has 0 aromatic heterocycles. The Balaban J connectivity index is 1.79. The van der Waals surface area contributed by atoms with Crippen LogP contribution in [0.2, 0.25) is 0 Å². The van der Waals surface area contributed by atoms with Crippen LogP contribution in [0.3, 0.4) is 0 Å². The summed E-state index contributed by atoms with van der Waals surface area (Å²) in [7, 11) is 0. The van der Waals surface area contributed by atoms with Gasteiger partial charge in [-0.25, -0.2) is 15.2 Å². The average Bonchev–Trinajstić information content (AvgIpc) is 2.53. The minimum absolute atomic E-state index is 0.0345. The summed E-state index contributed by atoms with van der Waals surface area (Å²) in [5, 5.41) is 37.9. The van der Waals surface area contributed by atoms with Gasteiger partial charge in [-0.3, -0.25) is 0 Å². The lowest BCUT2D eigenvalue weighted by molar-refractivity contribution is -0.996. The summed E-state index contributed by atoms with van der Waals surface area (Å²) < 4.78 is 5.67. The Bertz CT molecular complexity index is 609. The maximum atomic E-state index is 12.5. The number of quaternary nitrogens is 2. The first-order valence-corrected chi connectivity index (χ1v) is 8.15. The number of esters is 1. The third-order valence-corrected chi connectivity index (χ3v) is 5.35. The third kappa shape index (κ3) is 3.16. The van der Waals surface area contributed by atoms with E-state index < -0.39 is 22.0 Å². The van der Waals surface area contributed by atoms with Crippen LogP contribution < -0.4 is 10.5 Å². The normalized spacial score (nSPS) is 31.5. The monoisotopic (exact) mass is 338 g/mol. The number of hydrogen-bond acceptors (Lipinski definition) is 6. The van der Waals surface area contributed by atoms with Gasteiger partial charge in [0, 0.05) is 18.1 Å². The first-order chi connectivity index (χ1) is 11.3. The Morgan fingerprint density at radius 2 is 1.75 bits per heavy atom. The number of benzene rings is 1. The van der Waals surface area contributed by atoms with E-state index in [1.165, 1.54) is 6.42 Å². The maximum absolute atomic E-state index is 12.5. The van der Waals surface area contributed by atoms with E-state index in [4.69, 9.17) is 15.2 Å². The standard InChI is InChI=1S/C16H22N2O6/c1-16(9-10-4-2-3-5-14(10)16)24-15(19)11-6-12(17(20)21)8-13(7-11)18(22)23/h6-8,10,14,17-18,20,22H,2-5,9H2,1H3. The first kappa shape index (κ1) is 17.3. The fraction of sp³-hybridized carbons (Fsp3) is 0.562. The third-order valence-electron chi connectivity index (χ3n) is 5.35. The second-order valence-electron chi connectivity index (χ2n) is 6.97. The molecule has 1 aromatic rings. The highest BCUT2D eigenvalue weighted by atomic mass is 16.8. The van der Waals surface area contributed by atoms with Gasteiger partial charge in [0.2, 0.25) is 0 Å².